The second kappa shape index (κ2) is 8.81. The highest BCUT2D eigenvalue weighted by atomic mass is 16.5. The molecule has 0 aliphatic rings. The van der Waals surface area contributed by atoms with Gasteiger partial charge in [-0.25, -0.2) is 0 Å². The van der Waals surface area contributed by atoms with Crippen LogP contribution in [0.5, 0.6) is 0 Å². The number of esters is 1. The number of amides is 2. The molecule has 1 rings (SSSR count). The summed E-state index contributed by atoms with van der Waals surface area (Å²) >= 11 is 0. The number of rotatable bonds is 7. The van der Waals surface area contributed by atoms with E-state index in [0.29, 0.717) is 30.8 Å². The molecule has 2 amide bonds. The lowest BCUT2D eigenvalue weighted by Crippen LogP contribution is -2.25. The van der Waals surface area contributed by atoms with Crippen LogP contribution in [-0.2, 0) is 14.3 Å². The lowest BCUT2D eigenvalue weighted by Gasteiger charge is -2.10. The molecule has 0 aliphatic heterocycles. The van der Waals surface area contributed by atoms with Gasteiger partial charge in [0, 0.05) is 31.1 Å². The maximum absolute atomic E-state index is 12.0. The molecule has 0 saturated heterocycles. The van der Waals surface area contributed by atoms with E-state index in [0.717, 1.165) is 5.56 Å². The molecular weight excluding hydrogens is 284 g/mol. The highest BCUT2D eigenvalue weighted by Gasteiger charge is 2.09. The van der Waals surface area contributed by atoms with E-state index in [1.165, 1.54) is 6.92 Å². The Kier molecular flexibility index (Phi) is 7.08. The molecule has 0 unspecified atom stereocenters. The average Bonchev–Trinajstić information content (AvgIpc) is 2.45. The topological polar surface area (TPSA) is 84.5 Å². The molecule has 2 N–H and O–H groups in total. The van der Waals surface area contributed by atoms with Crippen molar-refractivity contribution >= 4 is 23.5 Å². The van der Waals surface area contributed by atoms with Gasteiger partial charge in [-0.3, -0.25) is 14.4 Å². The van der Waals surface area contributed by atoms with Crippen molar-refractivity contribution < 1.29 is 19.1 Å². The van der Waals surface area contributed by atoms with E-state index >= 15 is 0 Å². The van der Waals surface area contributed by atoms with Crippen molar-refractivity contribution in [3.8, 4) is 0 Å². The predicted molar refractivity (Wildman–Crippen MR) is 83.7 cm³/mol. The molecule has 1 aromatic carbocycles. The van der Waals surface area contributed by atoms with Gasteiger partial charge in [-0.15, -0.1) is 0 Å². The summed E-state index contributed by atoms with van der Waals surface area (Å²) in [6.45, 7) is 5.78. The Labute approximate surface area is 130 Å². The predicted octanol–water partition coefficient (Wildman–Crippen LogP) is 2.03. The van der Waals surface area contributed by atoms with Crippen LogP contribution in [0.3, 0.4) is 0 Å². The van der Waals surface area contributed by atoms with Gasteiger partial charge in [0.1, 0.15) is 0 Å². The second-order valence-corrected chi connectivity index (χ2v) is 4.88. The Bertz CT molecular complexity index is 555. The van der Waals surface area contributed by atoms with Gasteiger partial charge in [-0.05, 0) is 38.0 Å². The Hall–Kier alpha value is -2.37. The molecule has 6 heteroatoms. The van der Waals surface area contributed by atoms with E-state index in [2.05, 4.69) is 10.6 Å². The summed E-state index contributed by atoms with van der Waals surface area (Å²) in [5, 5.41) is 5.42. The smallest absolute Gasteiger partial charge is 0.305 e. The van der Waals surface area contributed by atoms with Crippen molar-refractivity contribution in [2.24, 2.45) is 0 Å². The Morgan fingerprint density at radius 2 is 1.95 bits per heavy atom. The fourth-order valence-electron chi connectivity index (χ4n) is 1.86. The number of benzene rings is 1. The summed E-state index contributed by atoms with van der Waals surface area (Å²) in [6.07, 6.45) is 0.800. The third kappa shape index (κ3) is 5.95. The molecule has 0 radical (unpaired) electrons. The zero-order valence-corrected chi connectivity index (χ0v) is 13.2. The van der Waals surface area contributed by atoms with E-state index < -0.39 is 0 Å². The highest BCUT2D eigenvalue weighted by molar-refractivity contribution is 5.97. The third-order valence-electron chi connectivity index (χ3n) is 2.96. The van der Waals surface area contributed by atoms with Crippen LogP contribution in [0, 0.1) is 6.92 Å². The van der Waals surface area contributed by atoms with Crippen molar-refractivity contribution in [3.05, 3.63) is 29.3 Å². The number of hydrogen-bond acceptors (Lipinski definition) is 4. The zero-order valence-electron chi connectivity index (χ0n) is 13.2. The minimum atomic E-state index is -0.264. The fraction of sp³-hybridized carbons (Fsp3) is 0.438. The highest BCUT2D eigenvalue weighted by Crippen LogP contribution is 2.16. The standard InChI is InChI=1S/C16H22N2O4/c1-4-22-15(20)6-5-9-17-16(21)13-8-7-11(2)14(10-13)18-12(3)19/h7-8,10H,4-6,9H2,1-3H3,(H,17,21)(H,18,19). The van der Waals surface area contributed by atoms with Crippen LogP contribution in [0.1, 0.15) is 42.6 Å². The lowest BCUT2D eigenvalue weighted by atomic mass is 10.1. The first-order valence-corrected chi connectivity index (χ1v) is 7.26. The number of carbonyl (C=O) groups excluding carboxylic acids is 3. The number of aryl methyl sites for hydroxylation is 1. The summed E-state index contributed by atoms with van der Waals surface area (Å²) < 4.78 is 4.81. The average molecular weight is 306 g/mol. The van der Waals surface area contributed by atoms with E-state index in [1.807, 2.05) is 6.92 Å². The first-order chi connectivity index (χ1) is 10.4. The van der Waals surface area contributed by atoms with Gasteiger partial charge in [0.15, 0.2) is 0 Å². The molecule has 0 atom stereocenters. The quantitative estimate of drug-likeness (QED) is 0.596. The molecule has 0 heterocycles. The van der Waals surface area contributed by atoms with Gasteiger partial charge < -0.3 is 15.4 Å². The summed E-state index contributed by atoms with van der Waals surface area (Å²) in [7, 11) is 0. The molecule has 22 heavy (non-hydrogen) atoms. The monoisotopic (exact) mass is 306 g/mol. The first kappa shape index (κ1) is 17.7. The summed E-state index contributed by atoms with van der Waals surface area (Å²) in [5.74, 6) is -0.689. The van der Waals surface area contributed by atoms with Crippen molar-refractivity contribution in [2.45, 2.75) is 33.6 Å². The molecule has 0 saturated carbocycles. The molecule has 0 aromatic heterocycles. The molecule has 0 spiro atoms. The van der Waals surface area contributed by atoms with Crippen molar-refractivity contribution in [1.29, 1.82) is 0 Å². The van der Waals surface area contributed by atoms with Gasteiger partial charge in [0.05, 0.1) is 6.61 Å². The Morgan fingerprint density at radius 3 is 2.59 bits per heavy atom. The van der Waals surface area contributed by atoms with Crippen LogP contribution in [0.25, 0.3) is 0 Å². The minimum absolute atomic E-state index is 0.185. The van der Waals surface area contributed by atoms with Crippen LogP contribution in [0.4, 0.5) is 5.69 Å². The van der Waals surface area contributed by atoms with E-state index in [1.54, 1.807) is 25.1 Å². The molecule has 0 aliphatic carbocycles. The first-order valence-electron chi connectivity index (χ1n) is 7.26. The van der Waals surface area contributed by atoms with Crippen molar-refractivity contribution in [1.82, 2.24) is 5.32 Å². The van der Waals surface area contributed by atoms with Gasteiger partial charge >= 0.3 is 5.97 Å². The molecular formula is C16H22N2O4. The summed E-state index contributed by atoms with van der Waals surface area (Å²) in [4.78, 5) is 34.3. The van der Waals surface area contributed by atoms with E-state index in [9.17, 15) is 14.4 Å². The number of anilines is 1. The van der Waals surface area contributed by atoms with Crippen molar-refractivity contribution in [2.75, 3.05) is 18.5 Å². The van der Waals surface area contributed by atoms with Crippen LogP contribution in [0.2, 0.25) is 0 Å². The lowest BCUT2D eigenvalue weighted by molar-refractivity contribution is -0.143. The third-order valence-corrected chi connectivity index (χ3v) is 2.96. The van der Waals surface area contributed by atoms with E-state index in [-0.39, 0.29) is 24.2 Å². The van der Waals surface area contributed by atoms with Crippen LogP contribution in [-0.4, -0.2) is 30.9 Å². The number of ether oxygens (including phenoxy) is 1. The summed E-state index contributed by atoms with van der Waals surface area (Å²) in [5.41, 5.74) is 1.96. The maximum atomic E-state index is 12.0. The summed E-state index contributed by atoms with van der Waals surface area (Å²) in [6, 6.07) is 5.11. The fourth-order valence-corrected chi connectivity index (χ4v) is 1.86. The number of hydrogen-bond donors (Lipinski definition) is 2. The number of nitrogens with one attached hydrogen (secondary N) is 2. The molecule has 0 fully saturated rings. The van der Waals surface area contributed by atoms with Crippen LogP contribution < -0.4 is 10.6 Å². The normalized spacial score (nSPS) is 9.95. The second-order valence-electron chi connectivity index (χ2n) is 4.88. The molecule has 0 bridgehead atoms. The molecule has 1 aromatic rings. The van der Waals surface area contributed by atoms with Crippen LogP contribution in [0.15, 0.2) is 18.2 Å². The maximum Gasteiger partial charge on any atom is 0.305 e. The van der Waals surface area contributed by atoms with Gasteiger partial charge in [-0.2, -0.15) is 0 Å². The van der Waals surface area contributed by atoms with Gasteiger partial charge in [0.25, 0.3) is 5.91 Å². The van der Waals surface area contributed by atoms with E-state index in [4.69, 9.17) is 4.74 Å². The number of carbonyl (C=O) groups is 3. The van der Waals surface area contributed by atoms with Crippen molar-refractivity contribution in [3.63, 3.8) is 0 Å². The van der Waals surface area contributed by atoms with Crippen LogP contribution >= 0.6 is 0 Å². The molecule has 6 nitrogen and oxygen atoms in total. The zero-order chi connectivity index (χ0) is 16.5. The van der Waals surface area contributed by atoms with Gasteiger partial charge in [-0.1, -0.05) is 6.07 Å². The SMILES string of the molecule is CCOC(=O)CCCNC(=O)c1ccc(C)c(NC(C)=O)c1. The van der Waals surface area contributed by atoms with Gasteiger partial charge in [0.2, 0.25) is 5.91 Å². The Balaban J connectivity index is 2.52. The Morgan fingerprint density at radius 1 is 1.23 bits per heavy atom. The molecule has 120 valence electrons. The largest absolute Gasteiger partial charge is 0.466 e. The minimum Gasteiger partial charge on any atom is -0.466 e.